The number of aromatic amines is 1. The van der Waals surface area contributed by atoms with Gasteiger partial charge in [0.2, 0.25) is 0 Å². The molecule has 1 aromatic carbocycles. The number of benzene rings is 1. The Balaban J connectivity index is 2.19. The van der Waals surface area contributed by atoms with E-state index in [0.29, 0.717) is 5.84 Å². The van der Waals surface area contributed by atoms with Gasteiger partial charge in [0.05, 0.1) is 12.2 Å². The van der Waals surface area contributed by atoms with Gasteiger partial charge in [0.15, 0.2) is 0 Å². The van der Waals surface area contributed by atoms with Crippen molar-refractivity contribution in [1.29, 1.82) is 0 Å². The maximum Gasteiger partial charge on any atom is 0.126 e. The minimum atomic E-state index is 0.0129. The number of hydrogen-bond acceptors (Lipinski definition) is 2. The summed E-state index contributed by atoms with van der Waals surface area (Å²) < 4.78 is 0. The van der Waals surface area contributed by atoms with Crippen LogP contribution in [-0.2, 0) is 0 Å². The van der Waals surface area contributed by atoms with E-state index in [0.717, 1.165) is 11.1 Å². The van der Waals surface area contributed by atoms with Gasteiger partial charge in [0.25, 0.3) is 0 Å². The highest BCUT2D eigenvalue weighted by molar-refractivity contribution is 5.97. The molecule has 0 aliphatic carbocycles. The van der Waals surface area contributed by atoms with Crippen molar-refractivity contribution in [2.45, 2.75) is 13.0 Å². The summed E-state index contributed by atoms with van der Waals surface area (Å²) in [6.45, 7) is 1.99. The lowest BCUT2D eigenvalue weighted by atomic mass is 10.2. The van der Waals surface area contributed by atoms with Gasteiger partial charge in [-0.2, -0.15) is 5.10 Å². The Morgan fingerprint density at radius 3 is 2.75 bits per heavy atom. The van der Waals surface area contributed by atoms with Crippen LogP contribution in [0.3, 0.4) is 0 Å². The maximum atomic E-state index is 5.92. The van der Waals surface area contributed by atoms with Gasteiger partial charge < -0.3 is 5.73 Å². The largest absolute Gasteiger partial charge is 0.383 e. The number of rotatable bonds is 3. The summed E-state index contributed by atoms with van der Waals surface area (Å²) in [5.74, 6) is 0.550. The maximum absolute atomic E-state index is 5.92. The van der Waals surface area contributed by atoms with Crippen LogP contribution in [0.5, 0.6) is 0 Å². The van der Waals surface area contributed by atoms with Crippen LogP contribution in [0.4, 0.5) is 0 Å². The number of aliphatic imine (C=N–C) groups is 1. The van der Waals surface area contributed by atoms with E-state index in [1.165, 1.54) is 0 Å². The second-order valence-electron chi connectivity index (χ2n) is 3.59. The van der Waals surface area contributed by atoms with Gasteiger partial charge in [-0.25, -0.2) is 0 Å². The Kier molecular flexibility index (Phi) is 3.00. The summed E-state index contributed by atoms with van der Waals surface area (Å²) >= 11 is 0. The molecule has 0 fully saturated rings. The molecule has 0 aliphatic rings. The molecule has 0 spiro atoms. The molecular weight excluding hydrogens is 200 g/mol. The molecule has 1 aromatic heterocycles. The highest BCUT2D eigenvalue weighted by Crippen LogP contribution is 2.15. The number of nitrogens with zero attached hydrogens (tertiary/aromatic N) is 2. The molecule has 0 saturated heterocycles. The molecule has 4 heteroatoms. The van der Waals surface area contributed by atoms with E-state index in [9.17, 15) is 0 Å². The van der Waals surface area contributed by atoms with Gasteiger partial charge in [-0.1, -0.05) is 30.3 Å². The van der Waals surface area contributed by atoms with Gasteiger partial charge in [-0.05, 0) is 6.92 Å². The average Bonchev–Trinajstić information content (AvgIpc) is 2.83. The first kappa shape index (κ1) is 10.4. The molecule has 1 atom stereocenters. The first-order valence-electron chi connectivity index (χ1n) is 5.15. The quantitative estimate of drug-likeness (QED) is 0.605. The zero-order valence-corrected chi connectivity index (χ0v) is 9.09. The fourth-order valence-electron chi connectivity index (χ4n) is 1.46. The zero-order chi connectivity index (χ0) is 11.4. The third kappa shape index (κ3) is 2.28. The lowest BCUT2D eigenvalue weighted by Crippen LogP contribution is -2.14. The second-order valence-corrected chi connectivity index (χ2v) is 3.59. The molecule has 16 heavy (non-hydrogen) atoms. The molecule has 4 nitrogen and oxygen atoms in total. The highest BCUT2D eigenvalue weighted by atomic mass is 15.1. The summed E-state index contributed by atoms with van der Waals surface area (Å²) in [7, 11) is 0. The molecule has 3 N–H and O–H groups in total. The van der Waals surface area contributed by atoms with Crippen LogP contribution in [0.2, 0.25) is 0 Å². The van der Waals surface area contributed by atoms with Crippen molar-refractivity contribution in [3.63, 3.8) is 0 Å². The molecule has 2 rings (SSSR count). The summed E-state index contributed by atoms with van der Waals surface area (Å²) in [4.78, 5) is 4.42. The first-order valence-corrected chi connectivity index (χ1v) is 5.15. The van der Waals surface area contributed by atoms with E-state index in [-0.39, 0.29) is 6.04 Å². The topological polar surface area (TPSA) is 67.1 Å². The standard InChI is InChI=1S/C12H14N4/c1-9(11-7-14-15-8-11)16-12(13)10-5-3-2-4-6-10/h2-9H,1H3,(H2,13,16)(H,14,15). The SMILES string of the molecule is CC(N=C(N)c1ccccc1)c1cn[nH]c1. The van der Waals surface area contributed by atoms with Crippen LogP contribution in [0.15, 0.2) is 47.7 Å². The Bertz CT molecular complexity index is 459. The molecular formula is C12H14N4. The first-order chi connectivity index (χ1) is 7.77. The molecule has 0 bridgehead atoms. The number of nitrogens with one attached hydrogen (secondary N) is 1. The third-order valence-corrected chi connectivity index (χ3v) is 2.40. The summed E-state index contributed by atoms with van der Waals surface area (Å²) in [5.41, 5.74) is 7.89. The van der Waals surface area contributed by atoms with Gasteiger partial charge in [-0.15, -0.1) is 0 Å². The van der Waals surface area contributed by atoms with E-state index < -0.39 is 0 Å². The summed E-state index contributed by atoms with van der Waals surface area (Å²) in [5, 5.41) is 6.65. The fourth-order valence-corrected chi connectivity index (χ4v) is 1.46. The number of hydrogen-bond donors (Lipinski definition) is 2. The van der Waals surface area contributed by atoms with Gasteiger partial charge >= 0.3 is 0 Å². The molecule has 0 saturated carbocycles. The van der Waals surface area contributed by atoms with E-state index in [1.807, 2.05) is 43.5 Å². The van der Waals surface area contributed by atoms with Crippen molar-refractivity contribution in [3.05, 3.63) is 53.9 Å². The molecule has 1 unspecified atom stereocenters. The second kappa shape index (κ2) is 4.61. The number of H-pyrrole nitrogens is 1. The Hall–Kier alpha value is -2.10. The van der Waals surface area contributed by atoms with E-state index in [2.05, 4.69) is 15.2 Å². The normalized spacial score (nSPS) is 13.7. The molecule has 1 heterocycles. The predicted octanol–water partition coefficient (Wildman–Crippen LogP) is 1.88. The van der Waals surface area contributed by atoms with Crippen molar-refractivity contribution < 1.29 is 0 Å². The van der Waals surface area contributed by atoms with Gasteiger partial charge in [0.1, 0.15) is 5.84 Å². The van der Waals surface area contributed by atoms with E-state index >= 15 is 0 Å². The van der Waals surface area contributed by atoms with Crippen molar-refractivity contribution in [2.24, 2.45) is 10.7 Å². The van der Waals surface area contributed by atoms with Crippen molar-refractivity contribution in [2.75, 3.05) is 0 Å². The lowest BCUT2D eigenvalue weighted by molar-refractivity contribution is 0.819. The van der Waals surface area contributed by atoms with Crippen molar-refractivity contribution >= 4 is 5.84 Å². The van der Waals surface area contributed by atoms with Crippen LogP contribution < -0.4 is 5.73 Å². The molecule has 0 radical (unpaired) electrons. The number of aromatic nitrogens is 2. The predicted molar refractivity (Wildman–Crippen MR) is 64.2 cm³/mol. The summed E-state index contributed by atoms with van der Waals surface area (Å²) in [6, 6.07) is 9.75. The lowest BCUT2D eigenvalue weighted by Gasteiger charge is -2.05. The number of nitrogens with two attached hydrogens (primary N) is 1. The zero-order valence-electron chi connectivity index (χ0n) is 9.09. The van der Waals surface area contributed by atoms with Gasteiger partial charge in [0, 0.05) is 17.3 Å². The van der Waals surface area contributed by atoms with Crippen molar-refractivity contribution in [3.8, 4) is 0 Å². The fraction of sp³-hybridized carbons (Fsp3) is 0.167. The van der Waals surface area contributed by atoms with Crippen LogP contribution >= 0.6 is 0 Å². The Labute approximate surface area is 94.2 Å². The van der Waals surface area contributed by atoms with E-state index in [4.69, 9.17) is 5.73 Å². The van der Waals surface area contributed by atoms with Gasteiger partial charge in [-0.3, -0.25) is 10.1 Å². The molecule has 2 aromatic rings. The number of amidine groups is 1. The molecule has 0 amide bonds. The molecule has 82 valence electrons. The van der Waals surface area contributed by atoms with Crippen molar-refractivity contribution in [1.82, 2.24) is 10.2 Å². The Morgan fingerprint density at radius 2 is 2.12 bits per heavy atom. The smallest absolute Gasteiger partial charge is 0.126 e. The summed E-state index contributed by atoms with van der Waals surface area (Å²) in [6.07, 6.45) is 3.58. The minimum absolute atomic E-state index is 0.0129. The van der Waals surface area contributed by atoms with Crippen LogP contribution in [0, 0.1) is 0 Å². The Morgan fingerprint density at radius 1 is 1.38 bits per heavy atom. The highest BCUT2D eigenvalue weighted by Gasteiger charge is 2.05. The van der Waals surface area contributed by atoms with E-state index in [1.54, 1.807) is 6.20 Å². The average molecular weight is 214 g/mol. The monoisotopic (exact) mass is 214 g/mol. The minimum Gasteiger partial charge on any atom is -0.383 e. The van der Waals surface area contributed by atoms with Crippen LogP contribution in [0.1, 0.15) is 24.1 Å². The third-order valence-electron chi connectivity index (χ3n) is 2.40. The molecule has 0 aliphatic heterocycles. The van der Waals surface area contributed by atoms with Crippen LogP contribution in [-0.4, -0.2) is 16.0 Å². The van der Waals surface area contributed by atoms with Crippen LogP contribution in [0.25, 0.3) is 0 Å².